The second-order valence-electron chi connectivity index (χ2n) is 5.23. The minimum absolute atomic E-state index is 0.136. The van der Waals surface area contributed by atoms with Gasteiger partial charge in [0.15, 0.2) is 6.10 Å². The first-order valence-corrected chi connectivity index (χ1v) is 7.25. The van der Waals surface area contributed by atoms with E-state index in [1.165, 1.54) is 0 Å². The number of hydrogen-bond acceptors (Lipinski definition) is 4. The molecule has 1 rings (SSSR count). The van der Waals surface area contributed by atoms with Gasteiger partial charge >= 0.3 is 0 Å². The second-order valence-corrected chi connectivity index (χ2v) is 5.23. The van der Waals surface area contributed by atoms with Gasteiger partial charge in [0.25, 0.3) is 5.91 Å². The Hall–Kier alpha value is -1.59. The third-order valence-corrected chi connectivity index (χ3v) is 3.16. The molecule has 0 saturated heterocycles. The molecular weight excluding hydrogens is 268 g/mol. The Labute approximate surface area is 126 Å². The minimum Gasteiger partial charge on any atom is -0.481 e. The van der Waals surface area contributed by atoms with Crippen LogP contribution in [-0.2, 0) is 9.53 Å². The molecule has 1 aromatic rings. The fraction of sp³-hybridized carbons (Fsp3) is 0.562. The number of ether oxygens (including phenoxy) is 2. The predicted molar refractivity (Wildman–Crippen MR) is 83.4 cm³/mol. The summed E-state index contributed by atoms with van der Waals surface area (Å²) in [5, 5.41) is 2.83. The van der Waals surface area contributed by atoms with Gasteiger partial charge in [-0.3, -0.25) is 4.79 Å². The molecule has 0 aliphatic heterocycles. The Bertz CT molecular complexity index is 461. The molecule has 0 spiro atoms. The fourth-order valence-electron chi connectivity index (χ4n) is 1.94. The summed E-state index contributed by atoms with van der Waals surface area (Å²) in [6.07, 6.45) is 0.219. The van der Waals surface area contributed by atoms with Crippen molar-refractivity contribution in [1.29, 1.82) is 0 Å². The molecule has 0 fully saturated rings. The van der Waals surface area contributed by atoms with Crippen LogP contribution in [0.25, 0.3) is 0 Å². The lowest BCUT2D eigenvalue weighted by Gasteiger charge is -2.19. The van der Waals surface area contributed by atoms with Gasteiger partial charge in [-0.1, -0.05) is 12.1 Å². The van der Waals surface area contributed by atoms with Crippen molar-refractivity contribution in [3.05, 3.63) is 29.3 Å². The van der Waals surface area contributed by atoms with Gasteiger partial charge in [0.1, 0.15) is 5.75 Å². The lowest BCUT2D eigenvalue weighted by molar-refractivity contribution is -0.127. The normalized spacial score (nSPS) is 13.6. The molecule has 3 N–H and O–H groups in total. The zero-order chi connectivity index (χ0) is 15.8. The summed E-state index contributed by atoms with van der Waals surface area (Å²) in [6.45, 7) is 6.82. The van der Waals surface area contributed by atoms with Crippen molar-refractivity contribution < 1.29 is 14.3 Å². The van der Waals surface area contributed by atoms with Crippen molar-refractivity contribution >= 4 is 5.91 Å². The third-order valence-electron chi connectivity index (χ3n) is 3.16. The molecule has 0 bridgehead atoms. The van der Waals surface area contributed by atoms with Gasteiger partial charge < -0.3 is 20.5 Å². The third kappa shape index (κ3) is 5.73. The van der Waals surface area contributed by atoms with Crippen LogP contribution in [0.3, 0.4) is 0 Å². The highest BCUT2D eigenvalue weighted by Gasteiger charge is 2.17. The average molecular weight is 294 g/mol. The van der Waals surface area contributed by atoms with E-state index >= 15 is 0 Å². The SMILES string of the molecule is COCCCNC(=O)C(C)Oc1cc(C)ccc1[C@H](C)N. The monoisotopic (exact) mass is 294 g/mol. The number of rotatable bonds is 8. The van der Waals surface area contributed by atoms with E-state index in [-0.39, 0.29) is 11.9 Å². The summed E-state index contributed by atoms with van der Waals surface area (Å²) in [6, 6.07) is 5.70. The standard InChI is InChI=1S/C16H26N2O3/c1-11-6-7-14(12(2)17)15(10-11)21-13(3)16(19)18-8-5-9-20-4/h6-7,10,12-13H,5,8-9,17H2,1-4H3,(H,18,19)/t12-,13?/m0/s1. The maximum Gasteiger partial charge on any atom is 0.260 e. The van der Waals surface area contributed by atoms with Crippen molar-refractivity contribution in [2.75, 3.05) is 20.3 Å². The fourth-order valence-corrected chi connectivity index (χ4v) is 1.94. The van der Waals surface area contributed by atoms with Gasteiger partial charge in [-0.15, -0.1) is 0 Å². The minimum atomic E-state index is -0.563. The van der Waals surface area contributed by atoms with Crippen molar-refractivity contribution in [3.8, 4) is 5.75 Å². The van der Waals surface area contributed by atoms with E-state index in [9.17, 15) is 4.79 Å². The quantitative estimate of drug-likeness (QED) is 0.719. The van der Waals surface area contributed by atoms with Crippen LogP contribution in [0.2, 0.25) is 0 Å². The van der Waals surface area contributed by atoms with E-state index in [0.29, 0.717) is 18.9 Å². The Kier molecular flexibility index (Phi) is 7.19. The molecular formula is C16H26N2O3. The molecule has 0 aliphatic carbocycles. The Balaban J connectivity index is 2.63. The summed E-state index contributed by atoms with van der Waals surface area (Å²) >= 11 is 0. The van der Waals surface area contributed by atoms with E-state index in [0.717, 1.165) is 17.5 Å². The van der Waals surface area contributed by atoms with Crippen LogP contribution in [-0.4, -0.2) is 32.3 Å². The molecule has 0 heterocycles. The second kappa shape index (κ2) is 8.64. The number of benzene rings is 1. The van der Waals surface area contributed by atoms with E-state index in [1.807, 2.05) is 32.0 Å². The van der Waals surface area contributed by atoms with Crippen molar-refractivity contribution in [2.45, 2.75) is 39.3 Å². The van der Waals surface area contributed by atoms with Crippen LogP contribution in [0, 0.1) is 6.92 Å². The van der Waals surface area contributed by atoms with Crippen molar-refractivity contribution in [2.24, 2.45) is 5.73 Å². The smallest absolute Gasteiger partial charge is 0.260 e. The van der Waals surface area contributed by atoms with E-state index < -0.39 is 6.10 Å². The molecule has 0 aliphatic rings. The number of carbonyl (C=O) groups is 1. The highest BCUT2D eigenvalue weighted by molar-refractivity contribution is 5.80. The van der Waals surface area contributed by atoms with Crippen molar-refractivity contribution in [3.63, 3.8) is 0 Å². The molecule has 0 radical (unpaired) electrons. The average Bonchev–Trinajstić information content (AvgIpc) is 2.43. The first-order chi connectivity index (χ1) is 9.95. The van der Waals surface area contributed by atoms with Crippen LogP contribution in [0.1, 0.15) is 37.4 Å². The Morgan fingerprint density at radius 2 is 2.10 bits per heavy atom. The number of aryl methyl sites for hydroxylation is 1. The molecule has 0 aromatic heterocycles. The summed E-state index contributed by atoms with van der Waals surface area (Å²) in [4.78, 5) is 12.0. The van der Waals surface area contributed by atoms with Gasteiger partial charge in [-0.25, -0.2) is 0 Å². The maximum absolute atomic E-state index is 12.0. The van der Waals surface area contributed by atoms with Gasteiger partial charge in [0.2, 0.25) is 0 Å². The lowest BCUT2D eigenvalue weighted by atomic mass is 10.1. The molecule has 1 unspecified atom stereocenters. The van der Waals surface area contributed by atoms with Crippen LogP contribution < -0.4 is 15.8 Å². The van der Waals surface area contributed by atoms with E-state index in [1.54, 1.807) is 14.0 Å². The van der Waals surface area contributed by atoms with E-state index in [2.05, 4.69) is 5.32 Å². The zero-order valence-electron chi connectivity index (χ0n) is 13.3. The maximum atomic E-state index is 12.0. The number of hydrogen-bond donors (Lipinski definition) is 2. The summed E-state index contributed by atoms with van der Waals surface area (Å²) in [5.41, 5.74) is 7.91. The predicted octanol–water partition coefficient (Wildman–Crippen LogP) is 1.93. The van der Waals surface area contributed by atoms with Gasteiger partial charge in [-0.05, 0) is 38.8 Å². The highest BCUT2D eigenvalue weighted by Crippen LogP contribution is 2.26. The van der Waals surface area contributed by atoms with Crippen molar-refractivity contribution in [1.82, 2.24) is 5.32 Å². The van der Waals surface area contributed by atoms with Crippen LogP contribution >= 0.6 is 0 Å². The molecule has 118 valence electrons. The number of amides is 1. The largest absolute Gasteiger partial charge is 0.481 e. The lowest BCUT2D eigenvalue weighted by Crippen LogP contribution is -2.37. The number of methoxy groups -OCH3 is 1. The van der Waals surface area contributed by atoms with Crippen LogP contribution in [0.5, 0.6) is 5.75 Å². The van der Waals surface area contributed by atoms with Gasteiger partial charge in [0.05, 0.1) is 0 Å². The molecule has 5 heteroatoms. The molecule has 5 nitrogen and oxygen atoms in total. The first kappa shape index (κ1) is 17.5. The molecule has 2 atom stereocenters. The van der Waals surface area contributed by atoms with Gasteiger partial charge in [0, 0.05) is 31.9 Å². The molecule has 1 amide bonds. The summed E-state index contributed by atoms with van der Waals surface area (Å²) < 4.78 is 10.7. The molecule has 21 heavy (non-hydrogen) atoms. The molecule has 1 aromatic carbocycles. The number of nitrogens with two attached hydrogens (primary N) is 1. The highest BCUT2D eigenvalue weighted by atomic mass is 16.5. The Morgan fingerprint density at radius 1 is 1.38 bits per heavy atom. The topological polar surface area (TPSA) is 73.6 Å². The first-order valence-electron chi connectivity index (χ1n) is 7.25. The number of nitrogens with one attached hydrogen (secondary N) is 1. The number of carbonyl (C=O) groups excluding carboxylic acids is 1. The Morgan fingerprint density at radius 3 is 2.71 bits per heavy atom. The summed E-state index contributed by atoms with van der Waals surface area (Å²) in [7, 11) is 1.64. The van der Waals surface area contributed by atoms with Crippen LogP contribution in [0.15, 0.2) is 18.2 Å². The zero-order valence-corrected chi connectivity index (χ0v) is 13.3. The van der Waals surface area contributed by atoms with E-state index in [4.69, 9.17) is 15.2 Å². The van der Waals surface area contributed by atoms with Gasteiger partial charge in [-0.2, -0.15) is 0 Å². The molecule has 0 saturated carbocycles. The van der Waals surface area contributed by atoms with Crippen LogP contribution in [0.4, 0.5) is 0 Å². The summed E-state index contributed by atoms with van der Waals surface area (Å²) in [5.74, 6) is 0.535.